The molecule has 0 atom stereocenters. The van der Waals surface area contributed by atoms with Crippen LogP contribution in [0.1, 0.15) is 0 Å². The first-order valence-corrected chi connectivity index (χ1v) is 12.6. The Hall–Kier alpha value is -4.28. The Balaban J connectivity index is 1.53. The predicted octanol–water partition coefficient (Wildman–Crippen LogP) is 9.29. The Bertz CT molecular complexity index is 1910. The van der Waals surface area contributed by atoms with Gasteiger partial charge in [0.05, 0.1) is 11.4 Å². The van der Waals surface area contributed by atoms with E-state index in [1.165, 1.54) is 0 Å². The highest BCUT2D eigenvalue weighted by atomic mass is 79.9. The van der Waals surface area contributed by atoms with Gasteiger partial charge in [-0.3, -0.25) is 0 Å². The standard InChI is InChI=1S/C32H19BrN2O/c33-27-18-17-25(21-11-4-5-12-22(21)27)32-34-28(20-9-2-1-3-10-20)19-29(35-32)26-15-8-14-24-23-13-6-7-16-30(23)36-31(24)26/h1-19H. The van der Waals surface area contributed by atoms with Crippen LogP contribution in [0.2, 0.25) is 0 Å². The van der Waals surface area contributed by atoms with Gasteiger partial charge in [-0.05, 0) is 41.1 Å². The third kappa shape index (κ3) is 3.42. The summed E-state index contributed by atoms with van der Waals surface area (Å²) in [6, 6.07) is 39.2. The van der Waals surface area contributed by atoms with E-state index in [1.807, 2.05) is 42.5 Å². The van der Waals surface area contributed by atoms with Gasteiger partial charge in [-0.1, -0.05) is 101 Å². The molecule has 0 amide bonds. The van der Waals surface area contributed by atoms with E-state index in [1.54, 1.807) is 0 Å². The molecule has 0 aliphatic heterocycles. The molecular formula is C32H19BrN2O. The number of hydrogen-bond acceptors (Lipinski definition) is 3. The third-order valence-electron chi connectivity index (χ3n) is 6.59. The third-order valence-corrected chi connectivity index (χ3v) is 7.28. The maximum absolute atomic E-state index is 6.35. The van der Waals surface area contributed by atoms with Crippen molar-refractivity contribution >= 4 is 48.6 Å². The van der Waals surface area contributed by atoms with Gasteiger partial charge in [-0.2, -0.15) is 0 Å². The molecule has 0 radical (unpaired) electrons. The first kappa shape index (κ1) is 21.0. The first-order valence-electron chi connectivity index (χ1n) is 11.8. The maximum atomic E-state index is 6.35. The van der Waals surface area contributed by atoms with Crippen LogP contribution in [0.5, 0.6) is 0 Å². The van der Waals surface area contributed by atoms with Gasteiger partial charge in [-0.15, -0.1) is 0 Å². The van der Waals surface area contributed by atoms with Gasteiger partial charge in [-0.25, -0.2) is 9.97 Å². The Labute approximate surface area is 216 Å². The average Bonchev–Trinajstić information content (AvgIpc) is 3.33. The van der Waals surface area contributed by atoms with Crippen LogP contribution in [-0.2, 0) is 0 Å². The van der Waals surface area contributed by atoms with E-state index in [0.717, 1.165) is 65.3 Å². The smallest absolute Gasteiger partial charge is 0.161 e. The monoisotopic (exact) mass is 526 g/mol. The molecule has 4 heteroatoms. The largest absolute Gasteiger partial charge is 0.455 e. The van der Waals surface area contributed by atoms with Crippen LogP contribution in [0.3, 0.4) is 0 Å². The van der Waals surface area contributed by atoms with Crippen molar-refractivity contribution in [2.45, 2.75) is 0 Å². The van der Waals surface area contributed by atoms with Crippen molar-refractivity contribution in [1.82, 2.24) is 9.97 Å². The fourth-order valence-corrected chi connectivity index (χ4v) is 5.35. The number of halogens is 1. The summed E-state index contributed by atoms with van der Waals surface area (Å²) in [5.74, 6) is 0.683. The Morgan fingerprint density at radius 1 is 0.528 bits per heavy atom. The van der Waals surface area contributed by atoms with Crippen molar-refractivity contribution in [3.63, 3.8) is 0 Å². The molecule has 0 unspecified atom stereocenters. The van der Waals surface area contributed by atoms with Crippen LogP contribution < -0.4 is 0 Å². The quantitative estimate of drug-likeness (QED) is 0.230. The molecule has 170 valence electrons. The Morgan fingerprint density at radius 2 is 1.22 bits per heavy atom. The van der Waals surface area contributed by atoms with Gasteiger partial charge in [0.25, 0.3) is 0 Å². The molecule has 0 saturated heterocycles. The number of nitrogens with zero attached hydrogens (tertiary/aromatic N) is 2. The van der Waals surface area contributed by atoms with E-state index >= 15 is 0 Å². The molecule has 7 rings (SSSR count). The van der Waals surface area contributed by atoms with E-state index in [-0.39, 0.29) is 0 Å². The fraction of sp³-hybridized carbons (Fsp3) is 0. The summed E-state index contributed by atoms with van der Waals surface area (Å²) >= 11 is 3.70. The summed E-state index contributed by atoms with van der Waals surface area (Å²) in [7, 11) is 0. The zero-order valence-electron chi connectivity index (χ0n) is 19.2. The van der Waals surface area contributed by atoms with Crippen LogP contribution in [0.4, 0.5) is 0 Å². The van der Waals surface area contributed by atoms with E-state index in [9.17, 15) is 0 Å². The van der Waals surface area contributed by atoms with E-state index < -0.39 is 0 Å². The number of fused-ring (bicyclic) bond motifs is 4. The van der Waals surface area contributed by atoms with Gasteiger partial charge >= 0.3 is 0 Å². The summed E-state index contributed by atoms with van der Waals surface area (Å²) in [6.07, 6.45) is 0. The highest BCUT2D eigenvalue weighted by Crippen LogP contribution is 2.38. The van der Waals surface area contributed by atoms with Crippen LogP contribution in [0.15, 0.2) is 124 Å². The second-order valence-electron chi connectivity index (χ2n) is 8.75. The lowest BCUT2D eigenvalue weighted by atomic mass is 10.0. The van der Waals surface area contributed by atoms with Gasteiger partial charge in [0.15, 0.2) is 5.82 Å². The fourth-order valence-electron chi connectivity index (χ4n) is 4.87. The van der Waals surface area contributed by atoms with Crippen molar-refractivity contribution in [3.8, 4) is 33.9 Å². The number of furan rings is 1. The zero-order chi connectivity index (χ0) is 24.1. The van der Waals surface area contributed by atoms with Gasteiger partial charge in [0.1, 0.15) is 11.2 Å². The molecule has 0 bridgehead atoms. The van der Waals surface area contributed by atoms with Crippen LogP contribution >= 0.6 is 15.9 Å². The molecule has 0 spiro atoms. The number of aromatic nitrogens is 2. The predicted molar refractivity (Wildman–Crippen MR) is 151 cm³/mol. The Morgan fingerprint density at radius 3 is 2.08 bits per heavy atom. The van der Waals surface area contributed by atoms with Gasteiger partial charge < -0.3 is 4.42 Å². The second kappa shape index (κ2) is 8.43. The second-order valence-corrected chi connectivity index (χ2v) is 9.60. The summed E-state index contributed by atoms with van der Waals surface area (Å²) in [5, 5.41) is 4.42. The minimum Gasteiger partial charge on any atom is -0.455 e. The molecule has 3 nitrogen and oxygen atoms in total. The minimum absolute atomic E-state index is 0.683. The van der Waals surface area contributed by atoms with Crippen molar-refractivity contribution in [3.05, 3.63) is 120 Å². The Kier molecular flexibility index (Phi) is 4.93. The zero-order valence-corrected chi connectivity index (χ0v) is 20.7. The molecule has 5 aromatic carbocycles. The molecule has 7 aromatic rings. The number of para-hydroxylation sites is 2. The number of rotatable bonds is 3. The normalized spacial score (nSPS) is 11.5. The molecule has 2 heterocycles. The molecule has 0 saturated carbocycles. The summed E-state index contributed by atoms with van der Waals surface area (Å²) in [4.78, 5) is 10.2. The molecule has 2 aromatic heterocycles. The summed E-state index contributed by atoms with van der Waals surface area (Å²) < 4.78 is 7.40. The molecule has 0 fully saturated rings. The van der Waals surface area contributed by atoms with Crippen molar-refractivity contribution in [2.75, 3.05) is 0 Å². The van der Waals surface area contributed by atoms with E-state index in [2.05, 4.69) is 88.7 Å². The van der Waals surface area contributed by atoms with Gasteiger partial charge in [0, 0.05) is 31.9 Å². The SMILES string of the molecule is Brc1ccc(-c2nc(-c3ccccc3)cc(-c3cccc4c3oc3ccccc34)n2)c2ccccc12. The lowest BCUT2D eigenvalue weighted by Gasteiger charge is -2.12. The van der Waals surface area contributed by atoms with Gasteiger partial charge in [0.2, 0.25) is 0 Å². The first-order chi connectivity index (χ1) is 17.8. The average molecular weight is 527 g/mol. The van der Waals surface area contributed by atoms with Crippen LogP contribution in [-0.4, -0.2) is 9.97 Å². The number of benzene rings is 5. The van der Waals surface area contributed by atoms with Crippen molar-refractivity contribution in [1.29, 1.82) is 0 Å². The molecular weight excluding hydrogens is 508 g/mol. The number of hydrogen-bond donors (Lipinski definition) is 0. The summed E-state index contributed by atoms with van der Waals surface area (Å²) in [5.41, 5.74) is 6.39. The maximum Gasteiger partial charge on any atom is 0.161 e. The van der Waals surface area contributed by atoms with Crippen LogP contribution in [0, 0.1) is 0 Å². The molecule has 0 aliphatic carbocycles. The minimum atomic E-state index is 0.683. The topological polar surface area (TPSA) is 38.9 Å². The van der Waals surface area contributed by atoms with Crippen molar-refractivity contribution in [2.24, 2.45) is 0 Å². The molecule has 0 aliphatic rings. The van der Waals surface area contributed by atoms with E-state index in [4.69, 9.17) is 14.4 Å². The summed E-state index contributed by atoms with van der Waals surface area (Å²) in [6.45, 7) is 0. The van der Waals surface area contributed by atoms with E-state index in [0.29, 0.717) is 5.82 Å². The lowest BCUT2D eigenvalue weighted by molar-refractivity contribution is 0.670. The van der Waals surface area contributed by atoms with Crippen molar-refractivity contribution < 1.29 is 4.42 Å². The highest BCUT2D eigenvalue weighted by Gasteiger charge is 2.17. The molecule has 36 heavy (non-hydrogen) atoms. The molecule has 0 N–H and O–H groups in total. The lowest BCUT2D eigenvalue weighted by Crippen LogP contribution is -1.97. The highest BCUT2D eigenvalue weighted by molar-refractivity contribution is 9.10. The van der Waals surface area contributed by atoms with Crippen LogP contribution in [0.25, 0.3) is 66.6 Å².